The van der Waals surface area contributed by atoms with Crippen molar-refractivity contribution in [3.05, 3.63) is 11.8 Å². The molecule has 1 atom stereocenters. The Balaban J connectivity index is 2.76. The van der Waals surface area contributed by atoms with E-state index in [1.807, 2.05) is 0 Å². The van der Waals surface area contributed by atoms with Crippen LogP contribution < -0.4 is 5.32 Å². The van der Waals surface area contributed by atoms with Gasteiger partial charge < -0.3 is 10.4 Å². The fourth-order valence-corrected chi connectivity index (χ4v) is 1.09. The molecule has 0 aromatic rings. The maximum Gasteiger partial charge on any atom is 0.175 e. The lowest BCUT2D eigenvalue weighted by Crippen LogP contribution is -2.39. The van der Waals surface area contributed by atoms with Crippen molar-refractivity contribution in [3.8, 4) is 0 Å². The smallest absolute Gasteiger partial charge is 0.175 e. The van der Waals surface area contributed by atoms with Gasteiger partial charge in [0.25, 0.3) is 0 Å². The second-order valence-corrected chi connectivity index (χ2v) is 2.81. The summed E-state index contributed by atoms with van der Waals surface area (Å²) in [6, 6.07) is -0.304. The van der Waals surface area contributed by atoms with E-state index in [9.17, 15) is 9.59 Å². The van der Waals surface area contributed by atoms with Crippen LogP contribution in [0.2, 0.25) is 0 Å². The Kier molecular flexibility index (Phi) is 2.60. The predicted molar refractivity (Wildman–Crippen MR) is 42.4 cm³/mol. The molecule has 4 nitrogen and oxygen atoms in total. The number of allylic oxidation sites excluding steroid dienone is 2. The van der Waals surface area contributed by atoms with Gasteiger partial charge in [-0.1, -0.05) is 0 Å². The van der Waals surface area contributed by atoms with Crippen LogP contribution in [0.15, 0.2) is 11.8 Å². The zero-order chi connectivity index (χ0) is 9.14. The van der Waals surface area contributed by atoms with Gasteiger partial charge in [0.05, 0.1) is 18.3 Å². The second-order valence-electron chi connectivity index (χ2n) is 2.81. The van der Waals surface area contributed by atoms with Crippen molar-refractivity contribution in [2.24, 2.45) is 0 Å². The molecular formula is C8H11NO3. The molecule has 0 aliphatic carbocycles. The fourth-order valence-electron chi connectivity index (χ4n) is 1.09. The van der Waals surface area contributed by atoms with Gasteiger partial charge >= 0.3 is 0 Å². The van der Waals surface area contributed by atoms with Gasteiger partial charge in [-0.05, 0) is 0 Å². The first kappa shape index (κ1) is 8.93. The summed E-state index contributed by atoms with van der Waals surface area (Å²) in [5, 5.41) is 11.5. The van der Waals surface area contributed by atoms with E-state index in [1.165, 1.54) is 13.0 Å². The van der Waals surface area contributed by atoms with Crippen LogP contribution in [0.3, 0.4) is 0 Å². The highest BCUT2D eigenvalue weighted by atomic mass is 16.3. The van der Waals surface area contributed by atoms with Crippen molar-refractivity contribution >= 4 is 11.6 Å². The zero-order valence-electron chi connectivity index (χ0n) is 6.83. The third-order valence-corrected chi connectivity index (χ3v) is 1.71. The molecule has 1 aliphatic rings. The summed E-state index contributed by atoms with van der Waals surface area (Å²) in [7, 11) is 0. The molecule has 0 radical (unpaired) electrons. The minimum atomic E-state index is -0.304. The van der Waals surface area contributed by atoms with Gasteiger partial charge in [-0.15, -0.1) is 0 Å². The van der Waals surface area contributed by atoms with E-state index in [1.54, 1.807) is 0 Å². The molecule has 12 heavy (non-hydrogen) atoms. The number of aliphatic hydroxyl groups is 1. The third kappa shape index (κ3) is 1.92. The van der Waals surface area contributed by atoms with Crippen LogP contribution in [0.25, 0.3) is 0 Å². The first-order valence-corrected chi connectivity index (χ1v) is 3.76. The first-order chi connectivity index (χ1) is 5.63. The van der Waals surface area contributed by atoms with Crippen molar-refractivity contribution < 1.29 is 14.7 Å². The molecule has 0 saturated heterocycles. The summed E-state index contributed by atoms with van der Waals surface area (Å²) >= 11 is 0. The van der Waals surface area contributed by atoms with E-state index in [0.29, 0.717) is 5.70 Å². The number of ketones is 2. The Morgan fingerprint density at radius 2 is 2.50 bits per heavy atom. The van der Waals surface area contributed by atoms with Gasteiger partial charge in [-0.3, -0.25) is 9.59 Å². The SMILES string of the molecule is CC(=O)C1=CC(=O)C[C@H](CO)N1. The minimum Gasteiger partial charge on any atom is -0.394 e. The van der Waals surface area contributed by atoms with Crippen LogP contribution in [0.5, 0.6) is 0 Å². The van der Waals surface area contributed by atoms with Gasteiger partial charge in [-0.2, -0.15) is 0 Å². The highest BCUT2D eigenvalue weighted by Crippen LogP contribution is 2.06. The van der Waals surface area contributed by atoms with Crippen LogP contribution in [-0.2, 0) is 9.59 Å². The molecule has 0 fully saturated rings. The highest BCUT2D eigenvalue weighted by Gasteiger charge is 2.20. The Morgan fingerprint density at radius 3 is 3.00 bits per heavy atom. The fraction of sp³-hybridized carbons (Fsp3) is 0.500. The second kappa shape index (κ2) is 3.49. The van der Waals surface area contributed by atoms with Crippen molar-refractivity contribution in [2.45, 2.75) is 19.4 Å². The number of carbonyl (C=O) groups is 2. The quantitative estimate of drug-likeness (QED) is 0.578. The Bertz CT molecular complexity index is 245. The largest absolute Gasteiger partial charge is 0.394 e. The minimum absolute atomic E-state index is 0.113. The summed E-state index contributed by atoms with van der Waals surface area (Å²) in [6.45, 7) is 1.25. The molecule has 1 rings (SSSR count). The molecule has 0 aromatic carbocycles. The van der Waals surface area contributed by atoms with Crippen molar-refractivity contribution in [2.75, 3.05) is 6.61 Å². The standard InChI is InChI=1S/C8H11NO3/c1-5(11)8-3-7(12)2-6(4-10)9-8/h3,6,9-10H,2,4H2,1H3/t6-/m1/s1. The molecule has 66 valence electrons. The number of Topliss-reactive ketones (excluding diaryl/α,β-unsaturated/α-hetero) is 1. The monoisotopic (exact) mass is 169 g/mol. The first-order valence-electron chi connectivity index (χ1n) is 3.76. The van der Waals surface area contributed by atoms with E-state index < -0.39 is 0 Å². The Hall–Kier alpha value is -1.16. The summed E-state index contributed by atoms with van der Waals surface area (Å²) in [5.74, 6) is -0.292. The summed E-state index contributed by atoms with van der Waals surface area (Å²) in [6.07, 6.45) is 1.54. The van der Waals surface area contributed by atoms with Gasteiger partial charge in [0.1, 0.15) is 0 Å². The Morgan fingerprint density at radius 1 is 1.83 bits per heavy atom. The van der Waals surface area contributed by atoms with Crippen molar-refractivity contribution in [3.63, 3.8) is 0 Å². The van der Waals surface area contributed by atoms with Crippen LogP contribution in [-0.4, -0.2) is 29.3 Å². The van der Waals surface area contributed by atoms with E-state index in [2.05, 4.69) is 5.32 Å². The summed E-state index contributed by atoms with van der Waals surface area (Å²) in [4.78, 5) is 21.8. The number of nitrogens with one attached hydrogen (secondary N) is 1. The topological polar surface area (TPSA) is 66.4 Å². The number of aliphatic hydroxyl groups excluding tert-OH is 1. The predicted octanol–water partition coefficient (Wildman–Crippen LogP) is -0.617. The lowest BCUT2D eigenvalue weighted by molar-refractivity contribution is -0.118. The van der Waals surface area contributed by atoms with E-state index >= 15 is 0 Å². The van der Waals surface area contributed by atoms with Gasteiger partial charge in [0.15, 0.2) is 11.6 Å². The number of rotatable bonds is 2. The average Bonchev–Trinajstić information content (AvgIpc) is 2.03. The normalized spacial score (nSPS) is 23.0. The molecule has 0 bridgehead atoms. The molecular weight excluding hydrogens is 158 g/mol. The molecule has 4 heteroatoms. The molecule has 1 aliphatic heterocycles. The summed E-state index contributed by atoms with van der Waals surface area (Å²) in [5.41, 5.74) is 0.297. The average molecular weight is 169 g/mol. The molecule has 0 saturated carbocycles. The maximum absolute atomic E-state index is 11.0. The van der Waals surface area contributed by atoms with Crippen LogP contribution in [0, 0.1) is 0 Å². The Labute approximate surface area is 70.3 Å². The van der Waals surface area contributed by atoms with E-state index in [0.717, 1.165) is 0 Å². The van der Waals surface area contributed by atoms with E-state index in [-0.39, 0.29) is 30.6 Å². The molecule has 0 spiro atoms. The molecule has 0 amide bonds. The molecule has 0 aromatic heterocycles. The van der Waals surface area contributed by atoms with Gasteiger partial charge in [-0.25, -0.2) is 0 Å². The molecule has 2 N–H and O–H groups in total. The number of carbonyl (C=O) groups excluding carboxylic acids is 2. The molecule has 1 heterocycles. The third-order valence-electron chi connectivity index (χ3n) is 1.71. The zero-order valence-corrected chi connectivity index (χ0v) is 6.83. The van der Waals surface area contributed by atoms with Crippen LogP contribution >= 0.6 is 0 Å². The summed E-state index contributed by atoms with van der Waals surface area (Å²) < 4.78 is 0. The molecule has 0 unspecified atom stereocenters. The van der Waals surface area contributed by atoms with Crippen LogP contribution in [0.4, 0.5) is 0 Å². The number of hydrogen-bond donors (Lipinski definition) is 2. The lowest BCUT2D eigenvalue weighted by atomic mass is 10.0. The lowest BCUT2D eigenvalue weighted by Gasteiger charge is -2.21. The maximum atomic E-state index is 11.0. The van der Waals surface area contributed by atoms with E-state index in [4.69, 9.17) is 5.11 Å². The van der Waals surface area contributed by atoms with Crippen molar-refractivity contribution in [1.29, 1.82) is 0 Å². The number of hydrogen-bond acceptors (Lipinski definition) is 4. The van der Waals surface area contributed by atoms with Gasteiger partial charge in [0, 0.05) is 19.4 Å². The van der Waals surface area contributed by atoms with Crippen molar-refractivity contribution in [1.82, 2.24) is 5.32 Å². The van der Waals surface area contributed by atoms with Crippen LogP contribution in [0.1, 0.15) is 13.3 Å². The highest BCUT2D eigenvalue weighted by molar-refractivity contribution is 6.02. The van der Waals surface area contributed by atoms with Gasteiger partial charge in [0.2, 0.25) is 0 Å².